The average molecular weight is 737 g/mol. The number of aliphatic carboxylic acids is 3. The Bertz CT molecular complexity index is 1820. The maximum atomic E-state index is 13.4. The number of fused-ring (bicyclic) bond motifs is 1. The van der Waals surface area contributed by atoms with Crippen LogP contribution in [0.2, 0.25) is 0 Å². The largest absolute Gasteiger partial charge is 0.481 e. The predicted octanol–water partition coefficient (Wildman–Crippen LogP) is -1.54. The first kappa shape index (κ1) is 37.2. The lowest BCUT2D eigenvalue weighted by molar-refractivity contribution is -0.765. The predicted molar refractivity (Wildman–Crippen MR) is 178 cm³/mol. The number of carboxylic acid groups (broad SMARTS) is 3. The van der Waals surface area contributed by atoms with Crippen molar-refractivity contribution in [2.45, 2.75) is 43.7 Å². The fraction of sp³-hybridized carbons (Fsp3) is 0.444. The van der Waals surface area contributed by atoms with Crippen LogP contribution >= 0.6 is 23.3 Å². The lowest BCUT2D eigenvalue weighted by Crippen LogP contribution is -2.66. The van der Waals surface area contributed by atoms with Gasteiger partial charge in [-0.1, -0.05) is 5.16 Å². The number of carboxylic acids is 3. The molecule has 0 bridgehead atoms. The first-order valence-electron chi connectivity index (χ1n) is 14.6. The molecule has 0 saturated heterocycles. The van der Waals surface area contributed by atoms with E-state index in [1.807, 2.05) is 0 Å². The molecule has 1 saturated carbocycles. The van der Waals surface area contributed by atoms with Crippen molar-refractivity contribution in [3.05, 3.63) is 23.2 Å². The lowest BCUT2D eigenvalue weighted by Gasteiger charge is -2.45. The molecule has 2 aromatic rings. The van der Waals surface area contributed by atoms with Crippen LogP contribution in [0, 0.1) is 5.92 Å². The molecule has 21 nitrogen and oxygen atoms in total. The monoisotopic (exact) mass is 736 g/mol. The third kappa shape index (κ3) is 8.34. The van der Waals surface area contributed by atoms with Gasteiger partial charge in [-0.2, -0.15) is 21.1 Å². The quantitative estimate of drug-likeness (QED) is 0.0445. The summed E-state index contributed by atoms with van der Waals surface area (Å²) in [7, 11) is 1.60. The lowest BCUT2D eigenvalue weighted by atomic mass is 9.71. The number of oxime groups is 1. The number of nitrogens with two attached hydrogens (primary N) is 2. The summed E-state index contributed by atoms with van der Waals surface area (Å²) in [6.07, 6.45) is 2.50. The van der Waals surface area contributed by atoms with Gasteiger partial charge in [-0.25, -0.2) is 14.4 Å². The van der Waals surface area contributed by atoms with E-state index in [2.05, 4.69) is 35.5 Å². The van der Waals surface area contributed by atoms with Crippen LogP contribution in [-0.2, 0) is 42.4 Å². The second-order valence-corrected chi connectivity index (χ2v) is 13.3. The molecule has 4 rings (SSSR count). The van der Waals surface area contributed by atoms with E-state index in [1.165, 1.54) is 42.7 Å². The highest BCUT2D eigenvalue weighted by Gasteiger charge is 2.57. The summed E-state index contributed by atoms with van der Waals surface area (Å²) < 4.78 is 6.99. The number of amides is 3. The van der Waals surface area contributed by atoms with Gasteiger partial charge in [0.05, 0.1) is 31.5 Å². The molecular weight excluding hydrogens is 702 g/mol. The van der Waals surface area contributed by atoms with E-state index in [9.17, 15) is 39.0 Å². The second-order valence-electron chi connectivity index (χ2n) is 11.3. The highest BCUT2D eigenvalue weighted by Crippen LogP contribution is 2.45. The zero-order valence-electron chi connectivity index (χ0n) is 26.8. The van der Waals surface area contributed by atoms with Crippen molar-refractivity contribution in [1.82, 2.24) is 24.7 Å². The molecule has 1 aliphatic heterocycles. The number of urea groups is 1. The Morgan fingerprint density at radius 1 is 1.22 bits per heavy atom. The van der Waals surface area contributed by atoms with Gasteiger partial charge >= 0.3 is 23.9 Å². The normalized spacial score (nSPS) is 19.1. The van der Waals surface area contributed by atoms with Gasteiger partial charge in [0.1, 0.15) is 6.04 Å². The summed E-state index contributed by atoms with van der Waals surface area (Å²) in [5.74, 6) is -6.21. The zero-order valence-corrected chi connectivity index (χ0v) is 28.4. The molecule has 0 spiro atoms. The molecule has 0 radical (unpaired) electrons. The van der Waals surface area contributed by atoms with E-state index in [0.29, 0.717) is 5.57 Å². The van der Waals surface area contributed by atoms with Gasteiger partial charge in [-0.05, 0) is 13.8 Å². The highest BCUT2D eigenvalue weighted by molar-refractivity contribution is 8.00. The number of ketones is 1. The third-order valence-electron chi connectivity index (χ3n) is 7.49. The van der Waals surface area contributed by atoms with Gasteiger partial charge in [0.15, 0.2) is 29.0 Å². The zero-order chi connectivity index (χ0) is 36.9. The minimum absolute atomic E-state index is 0.00880. The van der Waals surface area contributed by atoms with Gasteiger partial charge in [-0.3, -0.25) is 24.7 Å². The Balaban J connectivity index is 1.46. The van der Waals surface area contributed by atoms with E-state index >= 15 is 0 Å². The summed E-state index contributed by atoms with van der Waals surface area (Å²) in [6, 6.07) is -1.71. The molecule has 10 N–H and O–H groups in total. The first-order valence-corrected chi connectivity index (χ1v) is 16.4. The Kier molecular flexibility index (Phi) is 11.4. The smallest absolute Gasteiger partial charge is 0.350 e. The van der Waals surface area contributed by atoms with Gasteiger partial charge < -0.3 is 42.3 Å². The minimum Gasteiger partial charge on any atom is -0.481 e. The Hall–Kier alpha value is -5.58. The maximum absolute atomic E-state index is 13.4. The Labute approximate surface area is 291 Å². The molecule has 23 heteroatoms. The summed E-state index contributed by atoms with van der Waals surface area (Å²) in [5.41, 5.74) is 9.98. The molecule has 1 fully saturated rings. The van der Waals surface area contributed by atoms with Gasteiger partial charge in [0, 0.05) is 40.9 Å². The van der Waals surface area contributed by atoms with Crippen LogP contribution in [0.15, 0.2) is 27.5 Å². The van der Waals surface area contributed by atoms with Crippen LogP contribution in [0.5, 0.6) is 0 Å². The van der Waals surface area contributed by atoms with Gasteiger partial charge in [-0.15, -0.1) is 9.36 Å². The third-order valence-corrected chi connectivity index (χ3v) is 9.48. The van der Waals surface area contributed by atoms with Crippen LogP contribution < -0.4 is 32.1 Å². The molecule has 1 unspecified atom stereocenters. The number of aromatic nitrogens is 4. The van der Waals surface area contributed by atoms with Crippen LogP contribution in [0.3, 0.4) is 0 Å². The number of carbonyl (C=O) groups excluding carboxylic acids is 3. The molecule has 50 heavy (non-hydrogen) atoms. The highest BCUT2D eigenvalue weighted by atomic mass is 32.2. The summed E-state index contributed by atoms with van der Waals surface area (Å²) in [4.78, 5) is 86.4. The number of anilines is 3. The molecule has 1 aliphatic carbocycles. The number of hydrogen-bond acceptors (Lipinski definition) is 15. The number of Topliss-reactive ketones (excluding diaryl/α,β-unsaturated/α-hetero) is 1. The van der Waals surface area contributed by atoms with Crippen molar-refractivity contribution in [2.75, 3.05) is 35.6 Å². The van der Waals surface area contributed by atoms with Crippen molar-refractivity contribution >= 4 is 87.5 Å². The molecule has 3 atom stereocenters. The van der Waals surface area contributed by atoms with Crippen molar-refractivity contribution < 1.29 is 53.6 Å². The number of nitrogens with one attached hydrogen (secondary N) is 3. The first-order chi connectivity index (χ1) is 23.5. The van der Waals surface area contributed by atoms with E-state index in [0.717, 1.165) is 11.5 Å². The van der Waals surface area contributed by atoms with Crippen LogP contribution in [0.4, 0.5) is 21.4 Å². The number of rotatable bonds is 15. The average Bonchev–Trinajstić information content (AvgIpc) is 3.58. The maximum Gasteiger partial charge on any atom is 0.350 e. The number of carbonyl (C=O) groups is 6. The SMILES string of the molecule is Cn1c(N)c(NC(=O)NCCN=CCC(=O)O)c[n+]1CC1=C(C(=O)O)C2C(=O)[C@@H](NC(=O)/C(=N\OC(C)(C)C(=O)O)c3nsc(N)n3)[C@H]2SC1. The molecule has 3 heterocycles. The topological polar surface area (TPSA) is 320 Å². The van der Waals surface area contributed by atoms with E-state index in [-0.39, 0.29) is 59.8 Å². The van der Waals surface area contributed by atoms with E-state index in [1.54, 1.807) is 11.7 Å². The van der Waals surface area contributed by atoms with Gasteiger partial charge in [0.2, 0.25) is 23.3 Å². The fourth-order valence-electron chi connectivity index (χ4n) is 4.77. The Morgan fingerprint density at radius 3 is 2.56 bits per heavy atom. The standard InChI is InChI=1S/C27H33N11O10S2/c1-27(2,24(45)46)48-35-17(21-34-25(29)50-36-21)22(42)33-16-18(41)15-14(23(43)44)11(10-49-19(15)16)8-38-9-12(20(28)37(38)3)32-26(47)31-7-6-30-5-4-13(39)40/h5,9,15-16,19,28H,4,6-8,10H2,1-3H3,(H8,29,31,32,33,34,36,39,40,42,43,44,45,46,47)/p+1/b30-5?,35-17-/t15?,16-,19+/m1/s1. The summed E-state index contributed by atoms with van der Waals surface area (Å²) in [5, 5.41) is 38.8. The van der Waals surface area contributed by atoms with Crippen molar-refractivity contribution in [3.8, 4) is 0 Å². The molecule has 2 aromatic heterocycles. The molecule has 3 amide bonds. The Morgan fingerprint density at radius 2 is 1.94 bits per heavy atom. The number of aliphatic imine (C=N–C) groups is 1. The number of nitrogens with zero attached hydrogens (tertiary/aromatic N) is 6. The number of hydrogen-bond donors (Lipinski definition) is 8. The summed E-state index contributed by atoms with van der Waals surface area (Å²) in [6.45, 7) is 2.70. The fourth-order valence-corrected chi connectivity index (χ4v) is 6.70. The van der Waals surface area contributed by atoms with Crippen molar-refractivity contribution in [1.29, 1.82) is 0 Å². The second kappa shape index (κ2) is 15.3. The number of nitrogen functional groups attached to an aromatic ring is 2. The van der Waals surface area contributed by atoms with Crippen LogP contribution in [0.25, 0.3) is 0 Å². The minimum atomic E-state index is -1.83. The molecule has 0 aromatic carbocycles. The van der Waals surface area contributed by atoms with E-state index < -0.39 is 64.2 Å². The van der Waals surface area contributed by atoms with Gasteiger partial charge in [0.25, 0.3) is 5.91 Å². The molecule has 2 aliphatic rings. The molecular formula is C27H34N11O10S2+. The summed E-state index contributed by atoms with van der Waals surface area (Å²) >= 11 is 2.01. The van der Waals surface area contributed by atoms with E-state index in [4.69, 9.17) is 21.4 Å². The van der Waals surface area contributed by atoms with Crippen LogP contribution in [-0.4, -0.2) is 113 Å². The van der Waals surface area contributed by atoms with Crippen molar-refractivity contribution in [3.63, 3.8) is 0 Å². The molecule has 268 valence electrons. The number of thioether (sulfide) groups is 1. The van der Waals surface area contributed by atoms with Crippen LogP contribution in [0.1, 0.15) is 26.1 Å². The van der Waals surface area contributed by atoms with Crippen molar-refractivity contribution in [2.24, 2.45) is 23.1 Å².